The number of nitrogens with zero attached hydrogens (tertiary/aromatic N) is 4. The van der Waals surface area contributed by atoms with Gasteiger partial charge in [0.15, 0.2) is 0 Å². The average Bonchev–Trinajstić information content (AvgIpc) is 3.52. The van der Waals surface area contributed by atoms with Gasteiger partial charge in [0.25, 0.3) is 0 Å². The lowest BCUT2D eigenvalue weighted by molar-refractivity contribution is -0.131. The molecule has 5 rings (SSSR count). The van der Waals surface area contributed by atoms with Gasteiger partial charge in [-0.05, 0) is 80.3 Å². The molecule has 2 aliphatic rings. The second-order valence-corrected chi connectivity index (χ2v) is 13.9. The van der Waals surface area contributed by atoms with Crippen LogP contribution in [0.25, 0.3) is 22.2 Å². The molecule has 260 valence electrons. The number of fused-ring (bicyclic) bond motifs is 3. The highest BCUT2D eigenvalue weighted by Crippen LogP contribution is 2.43. The van der Waals surface area contributed by atoms with Crippen LogP contribution in [-0.2, 0) is 39.4 Å². The average molecular weight is 661 g/mol. The lowest BCUT2D eigenvalue weighted by atomic mass is 9.83. The number of nitrogens with two attached hydrogens (primary N) is 1. The molecule has 0 fully saturated rings. The Morgan fingerprint density at radius 3 is 2.67 bits per heavy atom. The molecule has 10 nitrogen and oxygen atoms in total. The normalized spacial score (nSPS) is 20.8. The molecule has 0 spiro atoms. The van der Waals surface area contributed by atoms with Gasteiger partial charge in [-0.15, -0.1) is 11.8 Å². The second-order valence-electron chi connectivity index (χ2n) is 12.8. The van der Waals surface area contributed by atoms with Crippen LogP contribution in [0.5, 0.6) is 0 Å². The number of rotatable bonds is 4. The van der Waals surface area contributed by atoms with Crippen molar-refractivity contribution in [2.24, 2.45) is 16.3 Å². The minimum Gasteiger partial charge on any atom is -0.412 e. The lowest BCUT2D eigenvalue weighted by Crippen LogP contribution is -2.38. The fraction of sp³-hybridized carbons (Fsp3) is 0.571. The number of thioether (sulfide) groups is 1. The number of pyridine rings is 1. The molecule has 0 aliphatic carbocycles. The number of methoxy groups -OCH3 is 1. The molecule has 1 aromatic carbocycles. The van der Waals surface area contributed by atoms with E-state index < -0.39 is 0 Å². The van der Waals surface area contributed by atoms with E-state index in [1.54, 1.807) is 18.9 Å². The van der Waals surface area contributed by atoms with Crippen LogP contribution in [0.4, 0.5) is 0 Å². The molecule has 4 bridgehead atoms. The highest BCUT2D eigenvalue weighted by Gasteiger charge is 2.34. The van der Waals surface area contributed by atoms with Crippen LogP contribution >= 0.6 is 11.8 Å². The van der Waals surface area contributed by atoms with Gasteiger partial charge >= 0.3 is 0 Å². The lowest BCUT2D eigenvalue weighted by Gasteiger charge is -2.26. The Morgan fingerprint density at radius 2 is 1.93 bits per heavy atom. The third-order valence-electron chi connectivity index (χ3n) is 8.63. The fourth-order valence-corrected chi connectivity index (χ4v) is 7.53. The number of aryl methyl sites for hydroxylation is 1. The van der Waals surface area contributed by atoms with Gasteiger partial charge in [0.2, 0.25) is 5.91 Å². The molecule has 11 heteroatoms. The molecule has 0 saturated carbocycles. The van der Waals surface area contributed by atoms with Gasteiger partial charge in [-0.3, -0.25) is 19.8 Å². The predicted octanol–water partition coefficient (Wildman–Crippen LogP) is 6.95. The summed E-state index contributed by atoms with van der Waals surface area (Å²) in [5.74, 6) is 6.92. The van der Waals surface area contributed by atoms with Crippen molar-refractivity contribution < 1.29 is 22.6 Å². The summed E-state index contributed by atoms with van der Waals surface area (Å²) in [4.78, 5) is 22.6. The molecule has 1 unspecified atom stereocenters. The molecule has 2 aromatic heterocycles. The Balaban J connectivity index is 0.00000442. The molecule has 7 N–H and O–H groups in total. The summed E-state index contributed by atoms with van der Waals surface area (Å²) in [7, 11) is 1.72. The predicted molar refractivity (Wildman–Crippen MR) is 196 cm³/mol. The van der Waals surface area contributed by atoms with Crippen molar-refractivity contribution in [2.45, 2.75) is 92.3 Å². The number of carbonyl (C=O) groups excluding carboxylic acids is 1. The SMILES string of the molecule is C.CCn1c(-c2cccnc2COC)c2c3cc(ccc31)C1(C)CSC(=N1)CCC(=O)N(N)CCCCCOCC(C)(C)C2.N.O.[HH].[HH]. The minimum absolute atomic E-state index is 0. The van der Waals surface area contributed by atoms with Crippen LogP contribution in [0, 0.1) is 5.41 Å². The first-order valence-electron chi connectivity index (χ1n) is 15.6. The summed E-state index contributed by atoms with van der Waals surface area (Å²) >= 11 is 1.76. The highest BCUT2D eigenvalue weighted by molar-refractivity contribution is 8.14. The van der Waals surface area contributed by atoms with Gasteiger partial charge in [-0.25, -0.2) is 5.84 Å². The van der Waals surface area contributed by atoms with E-state index in [1.165, 1.54) is 32.7 Å². The standard InChI is InChI=1S/C34H47N5O3S.CH4.H3N.H2O.2H2/c1-6-38-29-13-12-24-19-26(29)27(32(38)25-11-10-16-36-28(25)21-41-5)20-33(2,3)22-42-18-9-7-8-17-39(35)31(40)15-14-30-37-34(24,4)23-43-30;;;;;/h10-13,16,19H,6-9,14-15,17-18,20-23,35H2,1-5H3;1H4;1H3;1H2;2*1H. The summed E-state index contributed by atoms with van der Waals surface area (Å²) in [5.41, 5.74) is 6.55. The van der Waals surface area contributed by atoms with Gasteiger partial charge in [0, 0.05) is 70.9 Å². The first-order chi connectivity index (χ1) is 20.7. The molecule has 1 atom stereocenters. The van der Waals surface area contributed by atoms with Crippen LogP contribution in [0.15, 0.2) is 41.5 Å². The quantitative estimate of drug-likeness (QED) is 0.226. The number of aliphatic imine (C=N–C) groups is 1. The largest absolute Gasteiger partial charge is 0.412 e. The maximum Gasteiger partial charge on any atom is 0.236 e. The van der Waals surface area contributed by atoms with Gasteiger partial charge < -0.3 is 25.7 Å². The molecule has 4 heterocycles. The maximum atomic E-state index is 12.7. The van der Waals surface area contributed by atoms with Crippen LogP contribution in [0.3, 0.4) is 0 Å². The summed E-state index contributed by atoms with van der Waals surface area (Å²) < 4.78 is 14.3. The summed E-state index contributed by atoms with van der Waals surface area (Å²) in [5, 5.41) is 3.67. The van der Waals surface area contributed by atoms with E-state index in [1.807, 2.05) is 12.3 Å². The smallest absolute Gasteiger partial charge is 0.236 e. The number of amides is 1. The Labute approximate surface area is 282 Å². The van der Waals surface area contributed by atoms with Crippen molar-refractivity contribution >= 4 is 33.6 Å². The highest BCUT2D eigenvalue weighted by atomic mass is 32.2. The fourth-order valence-electron chi connectivity index (χ4n) is 6.34. The number of benzene rings is 1. The molecule has 0 radical (unpaired) electrons. The van der Waals surface area contributed by atoms with Crippen molar-refractivity contribution in [1.29, 1.82) is 0 Å². The molecule has 2 aliphatic heterocycles. The van der Waals surface area contributed by atoms with Gasteiger partial charge in [0.1, 0.15) is 0 Å². The molecule has 3 aromatic rings. The van der Waals surface area contributed by atoms with E-state index in [9.17, 15) is 4.79 Å². The van der Waals surface area contributed by atoms with Gasteiger partial charge in [-0.1, -0.05) is 27.3 Å². The zero-order valence-corrected chi connectivity index (χ0v) is 28.5. The second kappa shape index (κ2) is 16.9. The zero-order valence-electron chi connectivity index (χ0n) is 27.7. The number of ether oxygens (including phenoxy) is 2. The number of hydrazine groups is 1. The first-order valence-corrected chi connectivity index (χ1v) is 16.6. The van der Waals surface area contributed by atoms with E-state index in [0.29, 0.717) is 39.2 Å². The molecule has 46 heavy (non-hydrogen) atoms. The summed E-state index contributed by atoms with van der Waals surface area (Å²) in [6.07, 6.45) is 6.52. The van der Waals surface area contributed by atoms with Crippen LogP contribution in [-0.4, -0.2) is 63.6 Å². The van der Waals surface area contributed by atoms with E-state index in [0.717, 1.165) is 54.3 Å². The number of hydrogen-bond donors (Lipinski definition) is 2. The molecule has 0 saturated heterocycles. The van der Waals surface area contributed by atoms with Gasteiger partial charge in [0.05, 0.1) is 35.2 Å². The molecule has 1 amide bonds. The Hall–Kier alpha value is -2.80. The van der Waals surface area contributed by atoms with Crippen LogP contribution < -0.4 is 12.0 Å². The maximum absolute atomic E-state index is 12.7. The third kappa shape index (κ3) is 8.56. The van der Waals surface area contributed by atoms with E-state index >= 15 is 0 Å². The Morgan fingerprint density at radius 1 is 1.15 bits per heavy atom. The zero-order chi connectivity index (χ0) is 30.6. The first kappa shape index (κ1) is 39.4. The van der Waals surface area contributed by atoms with E-state index in [4.69, 9.17) is 25.3 Å². The molecular formula is C35H60N6O4S. The van der Waals surface area contributed by atoms with Crippen LogP contribution in [0.2, 0.25) is 0 Å². The van der Waals surface area contributed by atoms with Crippen LogP contribution in [0.1, 0.15) is 86.9 Å². The summed E-state index contributed by atoms with van der Waals surface area (Å²) in [6.45, 7) is 12.2. The monoisotopic (exact) mass is 660 g/mol. The van der Waals surface area contributed by atoms with Crippen molar-refractivity contribution in [3.63, 3.8) is 0 Å². The number of aromatic nitrogens is 2. The Kier molecular flexibility index (Phi) is 14.4. The summed E-state index contributed by atoms with van der Waals surface area (Å²) in [6, 6.07) is 11.1. The number of carbonyl (C=O) groups is 1. The van der Waals surface area contributed by atoms with E-state index in [-0.39, 0.29) is 38.8 Å². The van der Waals surface area contributed by atoms with Gasteiger partial charge in [-0.2, -0.15) is 0 Å². The van der Waals surface area contributed by atoms with E-state index in [2.05, 4.69) is 56.5 Å². The molecular weight excluding hydrogens is 600 g/mol. The van der Waals surface area contributed by atoms with Crippen molar-refractivity contribution in [2.75, 3.05) is 32.6 Å². The van der Waals surface area contributed by atoms with Crippen molar-refractivity contribution in [3.05, 3.63) is 53.3 Å². The topological polar surface area (TPSA) is 161 Å². The third-order valence-corrected chi connectivity index (χ3v) is 9.97. The van der Waals surface area contributed by atoms with Crippen molar-refractivity contribution in [1.82, 2.24) is 20.7 Å². The number of hydrogen-bond acceptors (Lipinski definition) is 8. The van der Waals surface area contributed by atoms with Crippen molar-refractivity contribution in [3.8, 4) is 11.3 Å². The minimum atomic E-state index is -0.361. The Bertz CT molecular complexity index is 1500.